The van der Waals surface area contributed by atoms with E-state index in [2.05, 4.69) is 53.4 Å². The molecule has 2 aromatic rings. The number of thioether (sulfide) groups is 1. The van der Waals surface area contributed by atoms with E-state index in [1.54, 1.807) is 0 Å². The van der Waals surface area contributed by atoms with Crippen molar-refractivity contribution in [1.82, 2.24) is 10.3 Å². The molecule has 3 rings (SSSR count). The Hall–Kier alpha value is -1.06. The smallest absolute Gasteiger partial charge is 0.0702 e. The summed E-state index contributed by atoms with van der Waals surface area (Å²) in [6.07, 6.45) is 6.08. The Kier molecular flexibility index (Phi) is 4.04. The number of benzene rings is 1. The zero-order chi connectivity index (χ0) is 13.1. The third-order valence-corrected chi connectivity index (χ3v) is 5.33. The lowest BCUT2D eigenvalue weighted by Crippen LogP contribution is -2.29. The van der Waals surface area contributed by atoms with Crippen LogP contribution < -0.4 is 5.32 Å². The highest BCUT2D eigenvalue weighted by atomic mass is 32.2. The lowest BCUT2D eigenvalue weighted by molar-refractivity contribution is 0.515. The predicted octanol–water partition coefficient (Wildman–Crippen LogP) is 3.78. The number of nitrogens with one attached hydrogen (secondary N) is 1. The molecular weight excluding hydrogens is 252 g/mol. The van der Waals surface area contributed by atoms with Crippen LogP contribution in [0.3, 0.4) is 0 Å². The summed E-state index contributed by atoms with van der Waals surface area (Å²) in [5, 5.41) is 5.41. The zero-order valence-electron chi connectivity index (χ0n) is 11.3. The molecule has 1 aromatic carbocycles. The van der Waals surface area contributed by atoms with Gasteiger partial charge in [0.1, 0.15) is 0 Å². The Morgan fingerprint density at radius 1 is 1.32 bits per heavy atom. The molecule has 1 saturated heterocycles. The molecule has 0 saturated carbocycles. The van der Waals surface area contributed by atoms with E-state index in [-0.39, 0.29) is 0 Å². The zero-order valence-corrected chi connectivity index (χ0v) is 12.1. The van der Waals surface area contributed by atoms with E-state index < -0.39 is 0 Å². The quantitative estimate of drug-likeness (QED) is 0.920. The van der Waals surface area contributed by atoms with Gasteiger partial charge in [-0.05, 0) is 43.3 Å². The molecule has 100 valence electrons. The minimum absolute atomic E-state index is 0.419. The molecule has 2 heterocycles. The van der Waals surface area contributed by atoms with E-state index in [9.17, 15) is 0 Å². The van der Waals surface area contributed by atoms with Gasteiger partial charge in [-0.3, -0.25) is 4.98 Å². The second kappa shape index (κ2) is 5.93. The van der Waals surface area contributed by atoms with Gasteiger partial charge in [0.05, 0.1) is 5.52 Å². The molecule has 0 radical (unpaired) electrons. The molecule has 1 aromatic heterocycles. The number of hydrogen-bond donors (Lipinski definition) is 1. The van der Waals surface area contributed by atoms with Gasteiger partial charge >= 0.3 is 0 Å². The lowest BCUT2D eigenvalue weighted by atomic mass is 9.99. The highest BCUT2D eigenvalue weighted by molar-refractivity contribution is 8.00. The number of nitrogens with zero attached hydrogens (tertiary/aromatic N) is 1. The summed E-state index contributed by atoms with van der Waals surface area (Å²) in [4.78, 5) is 4.60. The van der Waals surface area contributed by atoms with Crippen LogP contribution in [-0.2, 0) is 0 Å². The fraction of sp³-hybridized carbons (Fsp3) is 0.438. The second-order valence-electron chi connectivity index (χ2n) is 5.13. The molecule has 1 aliphatic rings. The molecule has 0 bridgehead atoms. The Morgan fingerprint density at radius 3 is 3.00 bits per heavy atom. The normalized spacial score (nSPS) is 21.4. The number of aromatic nitrogens is 1. The van der Waals surface area contributed by atoms with Gasteiger partial charge < -0.3 is 5.32 Å². The minimum atomic E-state index is 0.419. The minimum Gasteiger partial charge on any atom is -0.312 e. The maximum atomic E-state index is 4.60. The van der Waals surface area contributed by atoms with Crippen molar-refractivity contribution in [1.29, 1.82) is 0 Å². The van der Waals surface area contributed by atoms with Crippen LogP contribution in [0.2, 0.25) is 0 Å². The summed E-state index contributed by atoms with van der Waals surface area (Å²) in [7, 11) is 2.06. The SMILES string of the molecule is CNC(c1cnc2ccccc2c1)C1CCCCS1. The van der Waals surface area contributed by atoms with Gasteiger partial charge in [-0.2, -0.15) is 11.8 Å². The first-order valence-corrected chi connectivity index (χ1v) is 8.07. The van der Waals surface area contributed by atoms with E-state index in [0.29, 0.717) is 11.3 Å². The first kappa shape index (κ1) is 12.9. The Bertz CT molecular complexity index is 549. The van der Waals surface area contributed by atoms with Crippen LogP contribution in [0.15, 0.2) is 36.5 Å². The maximum Gasteiger partial charge on any atom is 0.0702 e. The molecule has 0 aliphatic carbocycles. The number of fused-ring (bicyclic) bond motifs is 1. The van der Waals surface area contributed by atoms with Gasteiger partial charge in [0, 0.05) is 22.9 Å². The standard InChI is InChI=1S/C16H20N2S/c1-17-16(15-8-4-5-9-19-15)13-10-12-6-2-3-7-14(12)18-11-13/h2-3,6-7,10-11,15-17H,4-5,8-9H2,1H3. The first-order chi connectivity index (χ1) is 9.38. The van der Waals surface area contributed by atoms with E-state index in [4.69, 9.17) is 0 Å². The highest BCUT2D eigenvalue weighted by Crippen LogP contribution is 2.35. The van der Waals surface area contributed by atoms with E-state index >= 15 is 0 Å². The summed E-state index contributed by atoms with van der Waals surface area (Å²) in [5.41, 5.74) is 2.40. The molecular formula is C16H20N2S. The molecule has 2 nitrogen and oxygen atoms in total. The highest BCUT2D eigenvalue weighted by Gasteiger charge is 2.24. The van der Waals surface area contributed by atoms with Gasteiger partial charge in [-0.15, -0.1) is 0 Å². The number of para-hydroxylation sites is 1. The third kappa shape index (κ3) is 2.77. The first-order valence-electron chi connectivity index (χ1n) is 7.02. The van der Waals surface area contributed by atoms with E-state index in [1.165, 1.54) is 36.0 Å². The topological polar surface area (TPSA) is 24.9 Å². The molecule has 2 unspecified atom stereocenters. The van der Waals surface area contributed by atoms with Crippen LogP contribution in [0.1, 0.15) is 30.9 Å². The average Bonchev–Trinajstić information content (AvgIpc) is 2.49. The van der Waals surface area contributed by atoms with Crippen LogP contribution in [-0.4, -0.2) is 23.0 Å². The molecule has 1 aliphatic heterocycles. The molecule has 1 fully saturated rings. The number of pyridine rings is 1. The summed E-state index contributed by atoms with van der Waals surface area (Å²) in [6, 6.07) is 11.1. The molecule has 2 atom stereocenters. The van der Waals surface area contributed by atoms with Crippen molar-refractivity contribution in [2.75, 3.05) is 12.8 Å². The van der Waals surface area contributed by atoms with Gasteiger partial charge in [0.2, 0.25) is 0 Å². The Labute approximate surface area is 119 Å². The number of hydrogen-bond acceptors (Lipinski definition) is 3. The van der Waals surface area contributed by atoms with E-state index in [0.717, 1.165) is 5.52 Å². The summed E-state index contributed by atoms with van der Waals surface area (Å²) < 4.78 is 0. The van der Waals surface area contributed by atoms with Crippen LogP contribution in [0.4, 0.5) is 0 Å². The Morgan fingerprint density at radius 2 is 2.21 bits per heavy atom. The second-order valence-corrected chi connectivity index (χ2v) is 6.48. The predicted molar refractivity (Wildman–Crippen MR) is 83.6 cm³/mol. The largest absolute Gasteiger partial charge is 0.312 e. The average molecular weight is 272 g/mol. The van der Waals surface area contributed by atoms with Crippen molar-refractivity contribution in [2.24, 2.45) is 0 Å². The van der Waals surface area contributed by atoms with Crippen molar-refractivity contribution in [2.45, 2.75) is 30.6 Å². The third-order valence-electron chi connectivity index (χ3n) is 3.87. The van der Waals surface area contributed by atoms with Crippen molar-refractivity contribution in [3.05, 3.63) is 42.1 Å². The monoisotopic (exact) mass is 272 g/mol. The van der Waals surface area contributed by atoms with Crippen LogP contribution in [0.25, 0.3) is 10.9 Å². The summed E-state index contributed by atoms with van der Waals surface area (Å²) >= 11 is 2.11. The van der Waals surface area contributed by atoms with Crippen molar-refractivity contribution >= 4 is 22.7 Å². The fourth-order valence-corrected chi connectivity index (χ4v) is 4.35. The van der Waals surface area contributed by atoms with Crippen LogP contribution in [0.5, 0.6) is 0 Å². The number of rotatable bonds is 3. The Balaban J connectivity index is 1.91. The molecule has 1 N–H and O–H groups in total. The van der Waals surface area contributed by atoms with Gasteiger partial charge in [0.15, 0.2) is 0 Å². The maximum absolute atomic E-state index is 4.60. The molecule has 3 heteroatoms. The van der Waals surface area contributed by atoms with Crippen molar-refractivity contribution in [3.8, 4) is 0 Å². The van der Waals surface area contributed by atoms with Crippen LogP contribution >= 0.6 is 11.8 Å². The van der Waals surface area contributed by atoms with E-state index in [1.807, 2.05) is 12.3 Å². The molecule has 0 amide bonds. The molecule has 0 spiro atoms. The van der Waals surface area contributed by atoms with Crippen molar-refractivity contribution < 1.29 is 0 Å². The fourth-order valence-electron chi connectivity index (χ4n) is 2.85. The van der Waals surface area contributed by atoms with Crippen molar-refractivity contribution in [3.63, 3.8) is 0 Å². The van der Waals surface area contributed by atoms with Gasteiger partial charge in [-0.1, -0.05) is 24.6 Å². The van der Waals surface area contributed by atoms with Crippen LogP contribution in [0, 0.1) is 0 Å². The van der Waals surface area contributed by atoms with Gasteiger partial charge in [0.25, 0.3) is 0 Å². The lowest BCUT2D eigenvalue weighted by Gasteiger charge is -2.29. The summed E-state index contributed by atoms with van der Waals surface area (Å²) in [6.45, 7) is 0. The van der Waals surface area contributed by atoms with Gasteiger partial charge in [-0.25, -0.2) is 0 Å². The molecule has 19 heavy (non-hydrogen) atoms. The summed E-state index contributed by atoms with van der Waals surface area (Å²) in [5.74, 6) is 1.30.